The topological polar surface area (TPSA) is 58.6 Å². The summed E-state index contributed by atoms with van der Waals surface area (Å²) >= 11 is 1.53. The first kappa shape index (κ1) is 16.9. The molecule has 1 saturated heterocycles. The molecule has 0 bridgehead atoms. The third-order valence-corrected chi connectivity index (χ3v) is 5.07. The summed E-state index contributed by atoms with van der Waals surface area (Å²) in [6, 6.07) is 5.69. The van der Waals surface area contributed by atoms with Gasteiger partial charge in [-0.15, -0.1) is 16.4 Å². The minimum atomic E-state index is 0.152. The first-order valence-corrected chi connectivity index (χ1v) is 9.00. The molecule has 2 aromatic rings. The predicted octanol–water partition coefficient (Wildman–Crippen LogP) is 1.99. The van der Waals surface area contributed by atoms with Gasteiger partial charge in [0.05, 0.1) is 10.6 Å². The lowest BCUT2D eigenvalue weighted by atomic mass is 10.2. The first-order chi connectivity index (χ1) is 11.6. The van der Waals surface area contributed by atoms with E-state index >= 15 is 0 Å². The second-order valence-corrected chi connectivity index (χ2v) is 6.89. The van der Waals surface area contributed by atoms with Crippen molar-refractivity contribution in [2.45, 2.75) is 13.8 Å². The number of amides is 1. The largest absolute Gasteiger partial charge is 0.475 e. The lowest BCUT2D eigenvalue weighted by molar-refractivity contribution is 0.0624. The number of hydrogen-bond donors (Lipinski definition) is 0. The monoisotopic (exact) mass is 346 g/mol. The molecule has 0 N–H and O–H groups in total. The van der Waals surface area contributed by atoms with Crippen LogP contribution in [-0.2, 0) is 0 Å². The van der Waals surface area contributed by atoms with Gasteiger partial charge >= 0.3 is 0 Å². The lowest BCUT2D eigenvalue weighted by Gasteiger charge is -2.34. The van der Waals surface area contributed by atoms with Crippen molar-refractivity contribution in [2.24, 2.45) is 0 Å². The molecule has 0 atom stereocenters. The number of rotatable bonds is 5. The van der Waals surface area contributed by atoms with Gasteiger partial charge in [0.25, 0.3) is 5.91 Å². The molecule has 0 radical (unpaired) electrons. The number of carbonyl (C=O) groups excluding carboxylic acids is 1. The fraction of sp³-hybridized carbons (Fsp3) is 0.471. The van der Waals surface area contributed by atoms with E-state index in [4.69, 9.17) is 4.74 Å². The quantitative estimate of drug-likeness (QED) is 0.829. The van der Waals surface area contributed by atoms with Crippen molar-refractivity contribution in [1.82, 2.24) is 20.0 Å². The Labute approximate surface area is 146 Å². The Morgan fingerprint density at radius 2 is 2.00 bits per heavy atom. The zero-order valence-electron chi connectivity index (χ0n) is 14.1. The van der Waals surface area contributed by atoms with Crippen molar-refractivity contribution in [3.63, 3.8) is 0 Å². The molecule has 1 aliphatic rings. The summed E-state index contributed by atoms with van der Waals surface area (Å²) in [7, 11) is 0. The average molecular weight is 346 g/mol. The van der Waals surface area contributed by atoms with Crippen LogP contribution in [0.5, 0.6) is 5.88 Å². The number of thiophene rings is 1. The van der Waals surface area contributed by atoms with Gasteiger partial charge in [-0.05, 0) is 36.9 Å². The zero-order chi connectivity index (χ0) is 16.9. The Balaban J connectivity index is 1.40. The molecule has 1 aliphatic heterocycles. The van der Waals surface area contributed by atoms with Crippen LogP contribution in [0, 0.1) is 13.8 Å². The predicted molar refractivity (Wildman–Crippen MR) is 93.7 cm³/mol. The summed E-state index contributed by atoms with van der Waals surface area (Å²) in [6.45, 7) is 8.60. The average Bonchev–Trinajstić information content (AvgIpc) is 3.03. The molecule has 3 rings (SSSR count). The van der Waals surface area contributed by atoms with Crippen molar-refractivity contribution in [3.05, 3.63) is 39.7 Å². The second kappa shape index (κ2) is 7.72. The highest BCUT2D eigenvalue weighted by Crippen LogP contribution is 2.17. The Morgan fingerprint density at radius 1 is 1.21 bits per heavy atom. The molecule has 1 amide bonds. The van der Waals surface area contributed by atoms with Crippen LogP contribution in [0.1, 0.15) is 20.9 Å². The Bertz CT molecular complexity index is 678. The number of piperazine rings is 1. The van der Waals surface area contributed by atoms with Gasteiger partial charge in [0, 0.05) is 38.8 Å². The van der Waals surface area contributed by atoms with E-state index < -0.39 is 0 Å². The van der Waals surface area contributed by atoms with Gasteiger partial charge in [-0.2, -0.15) is 5.10 Å². The fourth-order valence-corrected chi connectivity index (χ4v) is 3.48. The minimum absolute atomic E-state index is 0.152. The molecule has 3 heterocycles. The number of aromatic nitrogens is 2. The number of ether oxygens (including phenoxy) is 1. The van der Waals surface area contributed by atoms with Gasteiger partial charge in [0.1, 0.15) is 6.61 Å². The van der Waals surface area contributed by atoms with Gasteiger partial charge in [-0.25, -0.2) is 0 Å². The van der Waals surface area contributed by atoms with Crippen LogP contribution in [0.25, 0.3) is 0 Å². The zero-order valence-corrected chi connectivity index (χ0v) is 14.9. The first-order valence-electron chi connectivity index (χ1n) is 8.12. The molecule has 0 unspecified atom stereocenters. The van der Waals surface area contributed by atoms with Crippen LogP contribution in [0.2, 0.25) is 0 Å². The smallest absolute Gasteiger partial charge is 0.264 e. The Hall–Kier alpha value is -1.99. The van der Waals surface area contributed by atoms with Crippen LogP contribution in [-0.4, -0.2) is 65.2 Å². The second-order valence-electron chi connectivity index (χ2n) is 5.98. The molecule has 0 saturated carbocycles. The lowest BCUT2D eigenvalue weighted by Crippen LogP contribution is -2.49. The van der Waals surface area contributed by atoms with Gasteiger partial charge in [0.2, 0.25) is 5.88 Å². The van der Waals surface area contributed by atoms with E-state index in [1.54, 1.807) is 0 Å². The van der Waals surface area contributed by atoms with E-state index in [9.17, 15) is 4.79 Å². The normalized spacial score (nSPS) is 15.5. The molecule has 24 heavy (non-hydrogen) atoms. The highest BCUT2D eigenvalue weighted by Gasteiger charge is 2.22. The minimum Gasteiger partial charge on any atom is -0.475 e. The molecule has 0 aromatic carbocycles. The van der Waals surface area contributed by atoms with Crippen molar-refractivity contribution in [2.75, 3.05) is 39.3 Å². The van der Waals surface area contributed by atoms with Crippen molar-refractivity contribution in [1.29, 1.82) is 0 Å². The SMILES string of the molecule is Cc1csc(C(=O)N2CCN(CCOc3ccc(C)nn3)CC2)c1. The summed E-state index contributed by atoms with van der Waals surface area (Å²) in [4.78, 5) is 17.5. The molecule has 7 heteroatoms. The highest BCUT2D eigenvalue weighted by atomic mass is 32.1. The molecule has 128 valence electrons. The Morgan fingerprint density at radius 3 is 2.62 bits per heavy atom. The molecule has 6 nitrogen and oxygen atoms in total. The molecule has 0 spiro atoms. The van der Waals surface area contributed by atoms with Crippen molar-refractivity contribution < 1.29 is 9.53 Å². The van der Waals surface area contributed by atoms with Crippen LogP contribution in [0.15, 0.2) is 23.6 Å². The fourth-order valence-electron chi connectivity index (χ4n) is 2.62. The maximum absolute atomic E-state index is 12.4. The van der Waals surface area contributed by atoms with E-state index in [-0.39, 0.29) is 5.91 Å². The summed E-state index contributed by atoms with van der Waals surface area (Å²) in [6.07, 6.45) is 0. The Kier molecular flexibility index (Phi) is 5.42. The van der Waals surface area contributed by atoms with Crippen LogP contribution < -0.4 is 4.74 Å². The summed E-state index contributed by atoms with van der Waals surface area (Å²) in [5, 5.41) is 9.98. The molecule has 0 aliphatic carbocycles. The number of carbonyl (C=O) groups is 1. The van der Waals surface area contributed by atoms with E-state index in [0.717, 1.165) is 48.9 Å². The van der Waals surface area contributed by atoms with Crippen LogP contribution >= 0.6 is 11.3 Å². The highest BCUT2D eigenvalue weighted by molar-refractivity contribution is 7.12. The molecule has 2 aromatic heterocycles. The summed E-state index contributed by atoms with van der Waals surface area (Å²) < 4.78 is 5.62. The van der Waals surface area contributed by atoms with Gasteiger partial charge in [-0.1, -0.05) is 0 Å². The van der Waals surface area contributed by atoms with E-state index in [1.165, 1.54) is 11.3 Å². The van der Waals surface area contributed by atoms with E-state index in [2.05, 4.69) is 15.1 Å². The molecular formula is C17H22N4O2S. The van der Waals surface area contributed by atoms with Crippen molar-refractivity contribution >= 4 is 17.2 Å². The van der Waals surface area contributed by atoms with Gasteiger partial charge in [0.15, 0.2) is 0 Å². The summed E-state index contributed by atoms with van der Waals surface area (Å²) in [5.74, 6) is 0.710. The maximum Gasteiger partial charge on any atom is 0.264 e. The van der Waals surface area contributed by atoms with Crippen LogP contribution in [0.3, 0.4) is 0 Å². The number of aryl methyl sites for hydroxylation is 2. The third-order valence-electron chi connectivity index (χ3n) is 4.03. The number of nitrogens with zero attached hydrogens (tertiary/aromatic N) is 4. The van der Waals surface area contributed by atoms with Crippen LogP contribution in [0.4, 0.5) is 0 Å². The van der Waals surface area contributed by atoms with Crippen molar-refractivity contribution in [3.8, 4) is 5.88 Å². The third kappa shape index (κ3) is 4.30. The van der Waals surface area contributed by atoms with E-state index in [0.29, 0.717) is 12.5 Å². The standard InChI is InChI=1S/C17H22N4O2S/c1-13-11-15(24-12-13)17(22)21-7-5-20(6-8-21)9-10-23-16-4-3-14(2)18-19-16/h3-4,11-12H,5-10H2,1-2H3. The number of hydrogen-bond acceptors (Lipinski definition) is 6. The molecular weight excluding hydrogens is 324 g/mol. The van der Waals surface area contributed by atoms with E-state index in [1.807, 2.05) is 42.3 Å². The van der Waals surface area contributed by atoms with Gasteiger partial charge < -0.3 is 9.64 Å². The summed E-state index contributed by atoms with van der Waals surface area (Å²) in [5.41, 5.74) is 2.03. The van der Waals surface area contributed by atoms with Gasteiger partial charge in [-0.3, -0.25) is 9.69 Å². The maximum atomic E-state index is 12.4. The molecule has 1 fully saturated rings.